The Morgan fingerprint density at radius 2 is 1.79 bits per heavy atom. The first-order valence-corrected chi connectivity index (χ1v) is 8.68. The number of hydrogen-bond acceptors (Lipinski definition) is 4. The van der Waals surface area contributed by atoms with Crippen molar-refractivity contribution in [2.24, 2.45) is 7.05 Å². The number of nitrogens with one attached hydrogen (secondary N) is 1. The van der Waals surface area contributed by atoms with Gasteiger partial charge in [-0.1, -0.05) is 25.1 Å². The van der Waals surface area contributed by atoms with E-state index in [0.29, 0.717) is 17.8 Å². The second-order valence-corrected chi connectivity index (χ2v) is 6.31. The molecule has 2 aromatic rings. The fraction of sp³-hybridized carbons (Fsp3) is 0.300. The van der Waals surface area contributed by atoms with Gasteiger partial charge in [0.15, 0.2) is 0 Å². The Morgan fingerprint density at radius 3 is 2.18 bits per heavy atom. The van der Waals surface area contributed by atoms with E-state index in [2.05, 4.69) is 11.1 Å². The van der Waals surface area contributed by atoms with E-state index in [1.807, 2.05) is 6.92 Å². The molecule has 0 radical (unpaired) electrons. The lowest BCUT2D eigenvalue weighted by Crippen LogP contribution is -2.76. The van der Waals surface area contributed by atoms with Crippen molar-refractivity contribution in [3.8, 4) is 0 Å². The van der Waals surface area contributed by atoms with Gasteiger partial charge in [0.05, 0.1) is 5.69 Å². The molecule has 2 rings (SSSR count). The summed E-state index contributed by atoms with van der Waals surface area (Å²) >= 11 is 0. The van der Waals surface area contributed by atoms with E-state index >= 15 is 0 Å². The number of aliphatic hydroxyl groups excluding tert-OH is 2. The number of amides is 1. The predicted octanol–water partition coefficient (Wildman–Crippen LogP) is 0.374. The van der Waals surface area contributed by atoms with E-state index in [-0.39, 0.29) is 13.2 Å². The molecule has 0 saturated carbocycles. The normalized spacial score (nSPS) is 10.3. The zero-order valence-corrected chi connectivity index (χ0v) is 16.1. The van der Waals surface area contributed by atoms with Crippen LogP contribution < -0.4 is 11.1 Å². The van der Waals surface area contributed by atoms with Crippen LogP contribution >= 0.6 is 0 Å². The Morgan fingerprint density at radius 1 is 1.18 bits per heavy atom. The van der Waals surface area contributed by atoms with E-state index in [9.17, 15) is 9.59 Å². The number of aryl methyl sites for hydroxylation is 1. The third kappa shape index (κ3) is 6.29. The van der Waals surface area contributed by atoms with Crippen LogP contribution in [0.15, 0.2) is 54.2 Å². The van der Waals surface area contributed by atoms with Crippen LogP contribution in [0.1, 0.15) is 23.8 Å². The third-order valence-corrected chi connectivity index (χ3v) is 4.19. The highest BCUT2D eigenvalue weighted by molar-refractivity contribution is 6.33. The summed E-state index contributed by atoms with van der Waals surface area (Å²) in [7, 11) is 1.68. The number of carbonyl (C=O) groups excluding carboxylic acids is 2. The quantitative estimate of drug-likeness (QED) is 0.179. The highest BCUT2D eigenvalue weighted by Crippen LogP contribution is 2.11. The molecule has 0 aliphatic carbocycles. The molecule has 0 bridgehead atoms. The van der Waals surface area contributed by atoms with Crippen LogP contribution in [-0.4, -0.2) is 51.1 Å². The standard InChI is InChI=1S/C15H12N3O2.C5H13NO2/c1-18-9-5-8-13(18)14(19)12(10-16)15(20)17-11-6-3-2-4-7-11;1-2-5(6,3-7)4-8/h2-9H,1H3,(H,17,20);7-8H,2-4,6H2,1H3/q-1;/p+1. The molecule has 28 heavy (non-hydrogen) atoms. The van der Waals surface area contributed by atoms with Gasteiger partial charge >= 0.3 is 0 Å². The molecule has 1 aromatic carbocycles. The lowest BCUT2D eigenvalue weighted by molar-refractivity contribution is -0.490. The number of Topliss-reactive ketones (excluding diaryl/α,β-unsaturated/α-hetero) is 1. The summed E-state index contributed by atoms with van der Waals surface area (Å²) in [4.78, 5) is 24.1. The molecule has 0 unspecified atom stereocenters. The van der Waals surface area contributed by atoms with Gasteiger partial charge in [-0.05, 0) is 24.3 Å². The fourth-order valence-corrected chi connectivity index (χ4v) is 2.02. The van der Waals surface area contributed by atoms with E-state index < -0.39 is 22.8 Å². The van der Waals surface area contributed by atoms with Crippen molar-refractivity contribution in [2.45, 2.75) is 18.9 Å². The number of quaternary nitrogens is 1. The molecule has 0 aliphatic rings. The lowest BCUT2D eigenvalue weighted by Gasteiger charge is -2.17. The van der Waals surface area contributed by atoms with Crippen LogP contribution in [0, 0.1) is 0 Å². The Hall–Kier alpha value is -3.03. The molecule has 8 heteroatoms. The van der Waals surface area contributed by atoms with Crippen molar-refractivity contribution in [3.05, 3.63) is 65.3 Å². The second kappa shape index (κ2) is 11.0. The molecule has 8 nitrogen and oxygen atoms in total. The summed E-state index contributed by atoms with van der Waals surface area (Å²) in [6.45, 7) is 1.80. The third-order valence-electron chi connectivity index (χ3n) is 4.19. The van der Waals surface area contributed by atoms with Crippen molar-refractivity contribution in [3.63, 3.8) is 0 Å². The number of rotatable bonds is 7. The zero-order chi connectivity index (χ0) is 21.2. The largest absolute Gasteiger partial charge is 0.763 e. The Balaban J connectivity index is 0.000000416. The minimum absolute atomic E-state index is 0.0417. The maximum Gasteiger partial charge on any atom is 0.265 e. The molecule has 1 aromatic heterocycles. The van der Waals surface area contributed by atoms with Crippen LogP contribution in [-0.2, 0) is 11.8 Å². The van der Waals surface area contributed by atoms with Crippen molar-refractivity contribution in [2.75, 3.05) is 18.5 Å². The number of carbonyl (C=O) groups is 2. The maximum absolute atomic E-state index is 12.1. The summed E-state index contributed by atoms with van der Waals surface area (Å²) in [6.07, 6.45) is 2.39. The highest BCUT2D eigenvalue weighted by atomic mass is 16.3. The van der Waals surface area contributed by atoms with Crippen molar-refractivity contribution in [1.82, 2.24) is 4.57 Å². The van der Waals surface area contributed by atoms with Crippen LogP contribution in [0.25, 0.3) is 5.41 Å². The first-order valence-electron chi connectivity index (χ1n) is 8.68. The highest BCUT2D eigenvalue weighted by Gasteiger charge is 2.24. The van der Waals surface area contributed by atoms with E-state index in [1.165, 1.54) is 0 Å². The van der Waals surface area contributed by atoms with Gasteiger partial charge in [-0.25, -0.2) is 0 Å². The molecule has 0 saturated heterocycles. The minimum Gasteiger partial charge on any atom is -0.763 e. The van der Waals surface area contributed by atoms with E-state index in [1.54, 1.807) is 66.1 Å². The molecule has 1 amide bonds. The van der Waals surface area contributed by atoms with Crippen molar-refractivity contribution >= 4 is 23.2 Å². The molecule has 1 heterocycles. The van der Waals surface area contributed by atoms with Crippen molar-refractivity contribution in [1.29, 1.82) is 0 Å². The van der Waals surface area contributed by atoms with Gasteiger partial charge in [0.2, 0.25) is 5.78 Å². The fourth-order valence-electron chi connectivity index (χ4n) is 2.02. The number of benzene rings is 1. The van der Waals surface area contributed by atoms with E-state index in [0.717, 1.165) is 0 Å². The Bertz CT molecular complexity index is 827. The lowest BCUT2D eigenvalue weighted by atomic mass is 10.0. The SMILES string of the molecule is CCC([NH3+])(CO)CO.Cn1cccc1C(=O)C(=C=[N-])C(=O)Nc1ccccc1. The molecule has 0 atom stereocenters. The Labute approximate surface area is 163 Å². The van der Waals surface area contributed by atoms with Gasteiger partial charge in [-0.3, -0.25) is 15.5 Å². The maximum atomic E-state index is 12.1. The first kappa shape index (κ1) is 23.0. The molecule has 0 fully saturated rings. The van der Waals surface area contributed by atoms with E-state index in [4.69, 9.17) is 15.6 Å². The van der Waals surface area contributed by atoms with Crippen LogP contribution in [0.2, 0.25) is 0 Å². The number of anilines is 1. The average molecular weight is 386 g/mol. The summed E-state index contributed by atoms with van der Waals surface area (Å²) in [5, 5.41) is 28.7. The van der Waals surface area contributed by atoms with Gasteiger partial charge in [0.1, 0.15) is 24.3 Å². The summed E-state index contributed by atoms with van der Waals surface area (Å²) in [5.41, 5.74) is 3.50. The number of nitrogens with zero attached hydrogens (tertiary/aromatic N) is 2. The molecule has 0 aliphatic heterocycles. The van der Waals surface area contributed by atoms with Crippen LogP contribution in [0.4, 0.5) is 5.69 Å². The number of para-hydroxylation sites is 1. The van der Waals surface area contributed by atoms with Gasteiger partial charge < -0.3 is 31.2 Å². The first-order chi connectivity index (χ1) is 13.3. The second-order valence-electron chi connectivity index (χ2n) is 6.31. The van der Waals surface area contributed by atoms with Gasteiger partial charge in [0.25, 0.3) is 5.91 Å². The monoisotopic (exact) mass is 386 g/mol. The van der Waals surface area contributed by atoms with Crippen LogP contribution in [0.5, 0.6) is 0 Å². The number of hydrogen-bond donors (Lipinski definition) is 4. The molecule has 6 N–H and O–H groups in total. The number of aromatic nitrogens is 1. The smallest absolute Gasteiger partial charge is 0.265 e. The zero-order valence-electron chi connectivity index (χ0n) is 16.1. The minimum atomic E-state index is -0.704. The number of aliphatic hydroxyl groups is 2. The molecular formula is C20H26N4O4. The molecular weight excluding hydrogens is 360 g/mol. The molecule has 0 spiro atoms. The van der Waals surface area contributed by atoms with Crippen LogP contribution in [0.3, 0.4) is 0 Å². The average Bonchev–Trinajstić information content (AvgIpc) is 3.15. The predicted molar refractivity (Wildman–Crippen MR) is 107 cm³/mol. The van der Waals surface area contributed by atoms with Gasteiger partial charge in [0, 0.05) is 25.4 Å². The van der Waals surface area contributed by atoms with Gasteiger partial charge in [-0.15, -0.1) is 0 Å². The topological polar surface area (TPSA) is 142 Å². The molecule has 150 valence electrons. The van der Waals surface area contributed by atoms with Crippen molar-refractivity contribution < 1.29 is 25.5 Å². The summed E-state index contributed by atoms with van der Waals surface area (Å²) < 4.78 is 1.56. The summed E-state index contributed by atoms with van der Waals surface area (Å²) in [5.74, 6) is 0.386. The number of ketones is 1. The van der Waals surface area contributed by atoms with Gasteiger partial charge in [-0.2, -0.15) is 0 Å². The summed E-state index contributed by atoms with van der Waals surface area (Å²) in [6, 6.07) is 11.9. The Kier molecular flexibility index (Phi) is 9.01.